The molecule has 26 heavy (non-hydrogen) atoms. The summed E-state index contributed by atoms with van der Waals surface area (Å²) in [6.07, 6.45) is 5.66. The first-order valence-corrected chi connectivity index (χ1v) is 9.41. The van der Waals surface area contributed by atoms with Gasteiger partial charge in [-0.1, -0.05) is 24.4 Å². The second kappa shape index (κ2) is 7.37. The van der Waals surface area contributed by atoms with Gasteiger partial charge in [-0.25, -0.2) is 4.39 Å². The molecular formula is C19H21ClFN3O2. The van der Waals surface area contributed by atoms with E-state index in [1.807, 2.05) is 0 Å². The van der Waals surface area contributed by atoms with E-state index in [-0.39, 0.29) is 16.5 Å². The SMILES string of the molecule is O=C(NCc1nn(C2CCCC2)c2c1COCC2)c1ccc(F)cc1Cl. The maximum atomic E-state index is 13.2. The van der Waals surface area contributed by atoms with Crippen molar-refractivity contribution in [1.82, 2.24) is 15.1 Å². The van der Waals surface area contributed by atoms with Crippen LogP contribution in [-0.2, 0) is 24.3 Å². The van der Waals surface area contributed by atoms with Gasteiger partial charge in [0.05, 0.1) is 42.1 Å². The lowest BCUT2D eigenvalue weighted by molar-refractivity contribution is 0.0947. The molecular weight excluding hydrogens is 357 g/mol. The molecule has 1 fully saturated rings. The number of benzene rings is 1. The van der Waals surface area contributed by atoms with Crippen LogP contribution in [0.1, 0.15) is 59.0 Å². The van der Waals surface area contributed by atoms with E-state index in [0.717, 1.165) is 36.6 Å². The van der Waals surface area contributed by atoms with Crippen LogP contribution in [0.2, 0.25) is 5.02 Å². The molecule has 2 heterocycles. The van der Waals surface area contributed by atoms with E-state index in [1.165, 1.54) is 30.7 Å². The molecule has 5 nitrogen and oxygen atoms in total. The summed E-state index contributed by atoms with van der Waals surface area (Å²) in [4.78, 5) is 12.4. The van der Waals surface area contributed by atoms with Gasteiger partial charge in [0.1, 0.15) is 5.82 Å². The molecule has 0 spiro atoms. The van der Waals surface area contributed by atoms with Gasteiger partial charge < -0.3 is 10.1 Å². The van der Waals surface area contributed by atoms with Crippen molar-refractivity contribution in [2.75, 3.05) is 6.61 Å². The van der Waals surface area contributed by atoms with Crippen molar-refractivity contribution in [1.29, 1.82) is 0 Å². The Kier molecular flexibility index (Phi) is 4.96. The summed E-state index contributed by atoms with van der Waals surface area (Å²) in [5.74, 6) is -0.802. The van der Waals surface area contributed by atoms with Crippen LogP contribution < -0.4 is 5.32 Å². The zero-order valence-electron chi connectivity index (χ0n) is 14.4. The number of rotatable bonds is 4. The number of nitrogens with zero attached hydrogens (tertiary/aromatic N) is 2. The Balaban J connectivity index is 1.53. The van der Waals surface area contributed by atoms with Crippen molar-refractivity contribution in [3.05, 3.63) is 51.6 Å². The molecule has 0 radical (unpaired) electrons. The Morgan fingerprint density at radius 1 is 1.38 bits per heavy atom. The molecule has 1 aliphatic heterocycles. The molecule has 0 bridgehead atoms. The maximum absolute atomic E-state index is 13.2. The number of amides is 1. The summed E-state index contributed by atoms with van der Waals surface area (Å²) in [5, 5.41) is 7.76. The lowest BCUT2D eigenvalue weighted by Crippen LogP contribution is -2.24. The fraction of sp³-hybridized carbons (Fsp3) is 0.474. The van der Waals surface area contributed by atoms with Gasteiger partial charge in [-0.05, 0) is 31.0 Å². The van der Waals surface area contributed by atoms with Crippen molar-refractivity contribution in [3.63, 3.8) is 0 Å². The Labute approximate surface area is 156 Å². The highest BCUT2D eigenvalue weighted by molar-refractivity contribution is 6.33. The van der Waals surface area contributed by atoms with Crippen LogP contribution in [0.15, 0.2) is 18.2 Å². The van der Waals surface area contributed by atoms with E-state index in [4.69, 9.17) is 21.4 Å². The highest BCUT2D eigenvalue weighted by Gasteiger charge is 2.27. The van der Waals surface area contributed by atoms with Crippen LogP contribution in [-0.4, -0.2) is 22.3 Å². The summed E-state index contributed by atoms with van der Waals surface area (Å²) in [7, 11) is 0. The van der Waals surface area contributed by atoms with Crippen molar-refractivity contribution < 1.29 is 13.9 Å². The van der Waals surface area contributed by atoms with E-state index in [2.05, 4.69) is 10.00 Å². The Morgan fingerprint density at radius 3 is 2.96 bits per heavy atom. The molecule has 2 aromatic rings. The summed E-state index contributed by atoms with van der Waals surface area (Å²) >= 11 is 5.97. The predicted octanol–water partition coefficient (Wildman–Crippen LogP) is 3.79. The lowest BCUT2D eigenvalue weighted by Gasteiger charge is -2.18. The van der Waals surface area contributed by atoms with Gasteiger partial charge in [0.2, 0.25) is 0 Å². The average molecular weight is 378 g/mol. The third kappa shape index (κ3) is 3.35. The van der Waals surface area contributed by atoms with Gasteiger partial charge in [-0.15, -0.1) is 0 Å². The van der Waals surface area contributed by atoms with Gasteiger partial charge in [-0.3, -0.25) is 9.48 Å². The van der Waals surface area contributed by atoms with E-state index in [9.17, 15) is 9.18 Å². The molecule has 1 aromatic carbocycles. The topological polar surface area (TPSA) is 56.2 Å². The molecule has 1 saturated carbocycles. The molecule has 0 saturated heterocycles. The third-order valence-electron chi connectivity index (χ3n) is 5.19. The molecule has 7 heteroatoms. The molecule has 138 valence electrons. The number of aromatic nitrogens is 2. The summed E-state index contributed by atoms with van der Waals surface area (Å²) in [6, 6.07) is 4.22. The molecule has 4 rings (SSSR count). The normalized spacial score (nSPS) is 17.3. The molecule has 1 amide bonds. The van der Waals surface area contributed by atoms with Gasteiger partial charge >= 0.3 is 0 Å². The Hall–Kier alpha value is -1.92. The number of nitrogens with one attached hydrogen (secondary N) is 1. The Morgan fingerprint density at radius 2 is 2.19 bits per heavy atom. The maximum Gasteiger partial charge on any atom is 0.253 e. The molecule has 1 aliphatic carbocycles. The zero-order valence-corrected chi connectivity index (χ0v) is 15.2. The second-order valence-electron chi connectivity index (χ2n) is 6.86. The third-order valence-corrected chi connectivity index (χ3v) is 5.51. The minimum absolute atomic E-state index is 0.101. The minimum atomic E-state index is -0.465. The average Bonchev–Trinajstić information content (AvgIpc) is 3.27. The van der Waals surface area contributed by atoms with E-state index in [0.29, 0.717) is 25.8 Å². The van der Waals surface area contributed by atoms with Crippen molar-refractivity contribution in [2.24, 2.45) is 0 Å². The van der Waals surface area contributed by atoms with Crippen LogP contribution in [0, 0.1) is 5.82 Å². The molecule has 1 aromatic heterocycles. The summed E-state index contributed by atoms with van der Waals surface area (Å²) in [6.45, 7) is 1.55. The predicted molar refractivity (Wildman–Crippen MR) is 95.7 cm³/mol. The zero-order chi connectivity index (χ0) is 18.1. The highest BCUT2D eigenvalue weighted by Crippen LogP contribution is 2.33. The molecule has 1 N–H and O–H groups in total. The lowest BCUT2D eigenvalue weighted by atomic mass is 10.1. The first-order valence-electron chi connectivity index (χ1n) is 9.03. The minimum Gasteiger partial charge on any atom is -0.376 e. The van der Waals surface area contributed by atoms with Crippen LogP contribution in [0.25, 0.3) is 0 Å². The fourth-order valence-corrected chi connectivity index (χ4v) is 4.11. The number of hydrogen-bond donors (Lipinski definition) is 1. The number of carbonyl (C=O) groups excluding carboxylic acids is 1. The summed E-state index contributed by atoms with van der Waals surface area (Å²) < 4.78 is 20.9. The number of fused-ring (bicyclic) bond motifs is 1. The Bertz CT molecular complexity index is 830. The number of ether oxygens (including phenoxy) is 1. The molecule has 0 atom stereocenters. The largest absolute Gasteiger partial charge is 0.376 e. The van der Waals surface area contributed by atoms with Gasteiger partial charge in [0.25, 0.3) is 5.91 Å². The van der Waals surface area contributed by atoms with Gasteiger partial charge in [0, 0.05) is 17.7 Å². The fourth-order valence-electron chi connectivity index (χ4n) is 3.86. The number of halogens is 2. The first kappa shape index (κ1) is 17.5. The standard InChI is InChI=1S/C19H21ClFN3O2/c20-16-9-12(21)5-6-14(16)19(25)22-10-17-15-11-26-8-7-18(15)24(23-17)13-3-1-2-4-13/h5-6,9,13H,1-4,7-8,10-11H2,(H,22,25). The van der Waals surface area contributed by atoms with Crippen molar-refractivity contribution in [2.45, 2.75) is 51.3 Å². The van der Waals surface area contributed by atoms with Crippen molar-refractivity contribution >= 4 is 17.5 Å². The van der Waals surface area contributed by atoms with Crippen LogP contribution in [0.4, 0.5) is 4.39 Å². The second-order valence-corrected chi connectivity index (χ2v) is 7.27. The van der Waals surface area contributed by atoms with Crippen molar-refractivity contribution in [3.8, 4) is 0 Å². The van der Waals surface area contributed by atoms with E-state index < -0.39 is 5.82 Å². The monoisotopic (exact) mass is 377 g/mol. The van der Waals surface area contributed by atoms with E-state index in [1.54, 1.807) is 0 Å². The number of carbonyl (C=O) groups is 1. The van der Waals surface area contributed by atoms with E-state index >= 15 is 0 Å². The smallest absolute Gasteiger partial charge is 0.253 e. The van der Waals surface area contributed by atoms with Gasteiger partial charge in [-0.2, -0.15) is 5.10 Å². The van der Waals surface area contributed by atoms with Crippen LogP contribution >= 0.6 is 11.6 Å². The van der Waals surface area contributed by atoms with Crippen LogP contribution in [0.3, 0.4) is 0 Å². The first-order chi connectivity index (χ1) is 12.6. The van der Waals surface area contributed by atoms with Gasteiger partial charge in [0.15, 0.2) is 0 Å². The quantitative estimate of drug-likeness (QED) is 0.881. The molecule has 2 aliphatic rings. The number of hydrogen-bond acceptors (Lipinski definition) is 3. The molecule has 0 unspecified atom stereocenters. The summed E-state index contributed by atoms with van der Waals surface area (Å²) in [5.41, 5.74) is 3.44. The van der Waals surface area contributed by atoms with Crippen LogP contribution in [0.5, 0.6) is 0 Å². The highest BCUT2D eigenvalue weighted by atomic mass is 35.5.